The number of Topliss-reactive ketones (excluding diaryl/α,β-unsaturated/α-hetero) is 1. The van der Waals surface area contributed by atoms with Crippen LogP contribution in [0.4, 0.5) is 13.2 Å². The van der Waals surface area contributed by atoms with E-state index in [2.05, 4.69) is 15.5 Å². The quantitative estimate of drug-likeness (QED) is 0.299. The molecule has 10 heteroatoms. The number of ketones is 1. The van der Waals surface area contributed by atoms with E-state index in [4.69, 9.17) is 0 Å². The Bertz CT molecular complexity index is 1260. The lowest BCUT2D eigenvalue weighted by Crippen LogP contribution is -2.08. The molecule has 0 saturated heterocycles. The molecule has 4 rings (SSSR count). The average Bonchev–Trinajstić information content (AvgIpc) is 3.36. The fraction of sp³-hybridized carbons (Fsp3) is 0.182. The van der Waals surface area contributed by atoms with Crippen LogP contribution in [0.2, 0.25) is 0 Å². The number of tetrazole rings is 1. The number of hydrogen-bond acceptors (Lipinski definition) is 5. The Morgan fingerprint density at radius 3 is 2.44 bits per heavy atom. The first-order chi connectivity index (χ1) is 15.3. The van der Waals surface area contributed by atoms with E-state index < -0.39 is 11.7 Å². The van der Waals surface area contributed by atoms with Crippen molar-refractivity contribution in [2.24, 2.45) is 0 Å². The van der Waals surface area contributed by atoms with Crippen LogP contribution in [-0.4, -0.2) is 36.3 Å². The molecule has 2 heterocycles. The molecule has 0 spiro atoms. The number of alkyl halides is 3. The minimum absolute atomic E-state index is 0.0834. The Balaban J connectivity index is 1.57. The molecule has 0 aliphatic rings. The largest absolute Gasteiger partial charge is 0.416 e. The lowest BCUT2D eigenvalue weighted by Gasteiger charge is -2.13. The van der Waals surface area contributed by atoms with Crippen molar-refractivity contribution in [1.29, 1.82) is 0 Å². The summed E-state index contributed by atoms with van der Waals surface area (Å²) < 4.78 is 42.6. The van der Waals surface area contributed by atoms with E-state index in [1.165, 1.54) is 17.8 Å². The van der Waals surface area contributed by atoms with Gasteiger partial charge in [0.1, 0.15) is 0 Å². The van der Waals surface area contributed by atoms with Crippen LogP contribution in [0.5, 0.6) is 0 Å². The van der Waals surface area contributed by atoms with Gasteiger partial charge in [0.05, 0.1) is 17.0 Å². The number of para-hydroxylation sites is 1. The molecule has 164 valence electrons. The predicted octanol–water partition coefficient (Wildman–Crippen LogP) is 5.06. The zero-order valence-corrected chi connectivity index (χ0v) is 18.0. The van der Waals surface area contributed by atoms with Gasteiger partial charge in [-0.1, -0.05) is 36.0 Å². The summed E-state index contributed by atoms with van der Waals surface area (Å²) in [5.74, 6) is -0.0796. The molecule has 0 aliphatic heterocycles. The Labute approximate surface area is 186 Å². The molecule has 0 bridgehead atoms. The zero-order valence-electron chi connectivity index (χ0n) is 17.2. The number of carbonyl (C=O) groups excluding carboxylic acids is 1. The molecule has 0 fully saturated rings. The maximum atomic E-state index is 13.1. The smallest absolute Gasteiger partial charge is 0.318 e. The van der Waals surface area contributed by atoms with Crippen molar-refractivity contribution in [3.63, 3.8) is 0 Å². The van der Waals surface area contributed by atoms with Crippen LogP contribution in [0, 0.1) is 13.8 Å². The van der Waals surface area contributed by atoms with Gasteiger partial charge in [-0.05, 0) is 60.7 Å². The third-order valence-corrected chi connectivity index (χ3v) is 5.86. The van der Waals surface area contributed by atoms with Gasteiger partial charge in [-0.25, -0.2) is 0 Å². The lowest BCUT2D eigenvalue weighted by molar-refractivity contribution is -0.137. The highest BCUT2D eigenvalue weighted by molar-refractivity contribution is 7.99. The Kier molecular flexibility index (Phi) is 5.88. The Hall–Kier alpha value is -3.40. The van der Waals surface area contributed by atoms with Gasteiger partial charge >= 0.3 is 6.18 Å². The molecule has 4 aromatic rings. The van der Waals surface area contributed by atoms with Crippen LogP contribution in [-0.2, 0) is 6.18 Å². The number of aryl methyl sites for hydroxylation is 1. The average molecular weight is 457 g/mol. The molecular formula is C22H18F3N5OS. The van der Waals surface area contributed by atoms with Crippen molar-refractivity contribution in [3.8, 4) is 11.4 Å². The highest BCUT2D eigenvalue weighted by atomic mass is 32.2. The molecule has 0 N–H and O–H groups in total. The molecule has 2 aromatic carbocycles. The van der Waals surface area contributed by atoms with Gasteiger partial charge in [0.25, 0.3) is 0 Å². The Morgan fingerprint density at radius 1 is 1.00 bits per heavy atom. The number of hydrogen-bond donors (Lipinski definition) is 0. The van der Waals surface area contributed by atoms with Crippen LogP contribution in [0.15, 0.2) is 65.8 Å². The molecule has 2 aromatic heterocycles. The van der Waals surface area contributed by atoms with E-state index in [0.29, 0.717) is 27.8 Å². The normalized spacial score (nSPS) is 11.7. The third kappa shape index (κ3) is 4.31. The summed E-state index contributed by atoms with van der Waals surface area (Å²) in [6.45, 7) is 3.48. The predicted molar refractivity (Wildman–Crippen MR) is 114 cm³/mol. The first kappa shape index (κ1) is 21.8. The minimum Gasteiger partial charge on any atom is -0.318 e. The standard InChI is InChI=1S/C22H18F3N5OS/c1-14-11-19(15(2)29(14)18-10-6-7-16(12-18)22(23,24)25)20(31)13-32-21-26-27-28-30(21)17-8-4-3-5-9-17/h3-12H,13H2,1-2H3. The van der Waals surface area contributed by atoms with Gasteiger partial charge in [-0.3, -0.25) is 4.79 Å². The first-order valence-corrected chi connectivity index (χ1v) is 10.6. The van der Waals surface area contributed by atoms with Gasteiger partial charge < -0.3 is 4.57 Å². The molecule has 0 atom stereocenters. The summed E-state index contributed by atoms with van der Waals surface area (Å²) in [5, 5.41) is 12.1. The number of aromatic nitrogens is 5. The van der Waals surface area contributed by atoms with Gasteiger partial charge in [-0.2, -0.15) is 17.9 Å². The van der Waals surface area contributed by atoms with Gasteiger partial charge in [0, 0.05) is 22.6 Å². The third-order valence-electron chi connectivity index (χ3n) is 4.94. The van der Waals surface area contributed by atoms with Crippen molar-refractivity contribution < 1.29 is 18.0 Å². The maximum absolute atomic E-state index is 13.1. The first-order valence-electron chi connectivity index (χ1n) is 9.62. The number of nitrogens with zero attached hydrogens (tertiary/aromatic N) is 5. The van der Waals surface area contributed by atoms with E-state index in [1.807, 2.05) is 30.3 Å². The lowest BCUT2D eigenvalue weighted by atomic mass is 10.1. The summed E-state index contributed by atoms with van der Waals surface area (Å²) in [6, 6.07) is 16.1. The van der Waals surface area contributed by atoms with Crippen LogP contribution in [0.3, 0.4) is 0 Å². The Morgan fingerprint density at radius 2 is 1.72 bits per heavy atom. The molecule has 0 unspecified atom stereocenters. The van der Waals surface area contributed by atoms with Crippen LogP contribution < -0.4 is 0 Å². The van der Waals surface area contributed by atoms with Gasteiger partial charge in [-0.15, -0.1) is 5.10 Å². The topological polar surface area (TPSA) is 65.6 Å². The molecule has 0 aliphatic carbocycles. The minimum atomic E-state index is -4.44. The number of carbonyl (C=O) groups is 1. The van der Waals surface area contributed by atoms with Crippen molar-refractivity contribution in [2.75, 3.05) is 5.75 Å². The summed E-state index contributed by atoms with van der Waals surface area (Å²) in [4.78, 5) is 12.9. The second-order valence-electron chi connectivity index (χ2n) is 7.09. The van der Waals surface area contributed by atoms with Crippen molar-refractivity contribution in [3.05, 3.63) is 83.2 Å². The number of thioether (sulfide) groups is 1. The second kappa shape index (κ2) is 8.62. The molecule has 0 saturated carbocycles. The van der Waals surface area contributed by atoms with Crippen LogP contribution in [0.1, 0.15) is 27.3 Å². The van der Waals surface area contributed by atoms with Crippen LogP contribution in [0.25, 0.3) is 11.4 Å². The number of halogens is 3. The summed E-state index contributed by atoms with van der Waals surface area (Å²) >= 11 is 1.20. The molecular weight excluding hydrogens is 439 g/mol. The highest BCUT2D eigenvalue weighted by Crippen LogP contribution is 2.32. The summed E-state index contributed by atoms with van der Waals surface area (Å²) in [5.41, 5.74) is 2.09. The van der Waals surface area contributed by atoms with Crippen LogP contribution >= 0.6 is 11.8 Å². The van der Waals surface area contributed by atoms with Crippen molar-refractivity contribution in [2.45, 2.75) is 25.2 Å². The molecule has 0 amide bonds. The van der Waals surface area contributed by atoms with Gasteiger partial charge in [0.15, 0.2) is 5.78 Å². The van der Waals surface area contributed by atoms with Gasteiger partial charge in [0.2, 0.25) is 5.16 Å². The number of rotatable bonds is 6. The molecule has 32 heavy (non-hydrogen) atoms. The highest BCUT2D eigenvalue weighted by Gasteiger charge is 2.31. The van der Waals surface area contributed by atoms with E-state index in [1.54, 1.807) is 35.2 Å². The van der Waals surface area contributed by atoms with E-state index in [0.717, 1.165) is 17.8 Å². The maximum Gasteiger partial charge on any atom is 0.416 e. The second-order valence-corrected chi connectivity index (χ2v) is 8.03. The van der Waals surface area contributed by atoms with E-state index in [9.17, 15) is 18.0 Å². The fourth-order valence-corrected chi connectivity index (χ4v) is 4.25. The summed E-state index contributed by atoms with van der Waals surface area (Å²) in [6.07, 6.45) is -4.44. The van der Waals surface area contributed by atoms with Crippen molar-refractivity contribution in [1.82, 2.24) is 24.8 Å². The molecule has 0 radical (unpaired) electrons. The zero-order chi connectivity index (χ0) is 22.9. The van der Waals surface area contributed by atoms with E-state index in [-0.39, 0.29) is 11.5 Å². The SMILES string of the molecule is Cc1cc(C(=O)CSc2nnnn2-c2ccccc2)c(C)n1-c1cccc(C(F)(F)F)c1. The monoisotopic (exact) mass is 457 g/mol. The fourth-order valence-electron chi connectivity index (χ4n) is 3.47. The summed E-state index contributed by atoms with van der Waals surface area (Å²) in [7, 11) is 0. The number of benzene rings is 2. The molecule has 6 nitrogen and oxygen atoms in total. The van der Waals surface area contributed by atoms with E-state index >= 15 is 0 Å². The van der Waals surface area contributed by atoms with Crippen molar-refractivity contribution >= 4 is 17.5 Å².